The number of rotatable bonds is 1. The summed E-state index contributed by atoms with van der Waals surface area (Å²) < 4.78 is 0. The van der Waals surface area contributed by atoms with Gasteiger partial charge < -0.3 is 0 Å². The van der Waals surface area contributed by atoms with Crippen LogP contribution in [0.3, 0.4) is 0 Å². The van der Waals surface area contributed by atoms with E-state index in [1.807, 2.05) is 6.20 Å². The molecule has 1 aliphatic rings. The largest absolute Gasteiger partial charge is 0.256 e. The van der Waals surface area contributed by atoms with Gasteiger partial charge in [-0.25, -0.2) is 0 Å². The number of nitrogens with zero attached hydrogens (tertiary/aromatic N) is 1. The lowest BCUT2D eigenvalue weighted by molar-refractivity contribution is 0.587. The minimum absolute atomic E-state index is 0.187. The molecule has 0 radical (unpaired) electrons. The molecule has 0 atom stereocenters. The summed E-state index contributed by atoms with van der Waals surface area (Å²) in [5.41, 5.74) is 3.95. The van der Waals surface area contributed by atoms with Gasteiger partial charge in [0, 0.05) is 6.20 Å². The molecule has 1 heterocycles. The molecule has 16 heavy (non-hydrogen) atoms. The topological polar surface area (TPSA) is 12.9 Å². The molecule has 0 saturated carbocycles. The van der Waals surface area contributed by atoms with Gasteiger partial charge in [-0.15, -0.1) is 0 Å². The van der Waals surface area contributed by atoms with Crippen LogP contribution in [0.15, 0.2) is 36.6 Å². The summed E-state index contributed by atoms with van der Waals surface area (Å²) in [6, 6.07) is 4.34. The average molecular weight is 213 g/mol. The fraction of sp³-hybridized carbons (Fsp3) is 0.400. The normalized spacial score (nSPS) is 16.1. The highest BCUT2D eigenvalue weighted by atomic mass is 14.7. The lowest BCUT2D eigenvalue weighted by Crippen LogP contribution is -2.11. The lowest BCUT2D eigenvalue weighted by Gasteiger charge is -2.19. The molecule has 1 heteroatoms. The first-order valence-electron chi connectivity index (χ1n) is 5.90. The summed E-state index contributed by atoms with van der Waals surface area (Å²) in [7, 11) is 0. The third-order valence-corrected chi connectivity index (χ3v) is 2.97. The van der Waals surface area contributed by atoms with Crippen LogP contribution in [-0.4, -0.2) is 4.98 Å². The van der Waals surface area contributed by atoms with Crippen molar-refractivity contribution in [2.75, 3.05) is 0 Å². The molecule has 1 aromatic heterocycles. The fourth-order valence-electron chi connectivity index (χ4n) is 1.84. The highest BCUT2D eigenvalue weighted by Gasteiger charge is 2.14. The van der Waals surface area contributed by atoms with Crippen molar-refractivity contribution >= 4 is 5.57 Å². The predicted octanol–water partition coefficient (Wildman–Crippen LogP) is 4.11. The standard InChI is InChI=1S/C15H19N/c1-15(2,3)13-9-10-14(16-11-13)12-7-5-4-6-8-12/h4-5,7,9-11H,6,8H2,1-3H3. The molecule has 0 spiro atoms. The van der Waals surface area contributed by atoms with Crippen LogP contribution in [0.2, 0.25) is 0 Å². The summed E-state index contributed by atoms with van der Waals surface area (Å²) in [6.07, 6.45) is 10.7. The second-order valence-corrected chi connectivity index (χ2v) is 5.34. The molecule has 0 fully saturated rings. The smallest absolute Gasteiger partial charge is 0.0661 e. The molecule has 0 amide bonds. The van der Waals surface area contributed by atoms with Gasteiger partial charge in [0.05, 0.1) is 5.69 Å². The summed E-state index contributed by atoms with van der Waals surface area (Å²) in [5.74, 6) is 0. The molecule has 1 aromatic rings. The summed E-state index contributed by atoms with van der Waals surface area (Å²) >= 11 is 0. The maximum atomic E-state index is 4.57. The van der Waals surface area contributed by atoms with Crippen LogP contribution >= 0.6 is 0 Å². The molecule has 0 aromatic carbocycles. The molecule has 2 rings (SSSR count). The van der Waals surface area contributed by atoms with Crippen molar-refractivity contribution in [2.24, 2.45) is 0 Å². The van der Waals surface area contributed by atoms with Crippen molar-refractivity contribution in [3.63, 3.8) is 0 Å². The van der Waals surface area contributed by atoms with Crippen LogP contribution < -0.4 is 0 Å². The quantitative estimate of drug-likeness (QED) is 0.684. The van der Waals surface area contributed by atoms with Crippen molar-refractivity contribution in [1.82, 2.24) is 4.98 Å². The molecule has 84 valence electrons. The lowest BCUT2D eigenvalue weighted by atomic mass is 9.88. The van der Waals surface area contributed by atoms with Crippen molar-refractivity contribution < 1.29 is 0 Å². The van der Waals surface area contributed by atoms with Gasteiger partial charge in [-0.3, -0.25) is 4.98 Å². The van der Waals surface area contributed by atoms with E-state index in [9.17, 15) is 0 Å². The Kier molecular flexibility index (Phi) is 2.95. The molecular weight excluding hydrogens is 194 g/mol. The van der Waals surface area contributed by atoms with Gasteiger partial charge in [0.15, 0.2) is 0 Å². The van der Waals surface area contributed by atoms with E-state index in [1.165, 1.54) is 11.1 Å². The van der Waals surface area contributed by atoms with Crippen molar-refractivity contribution in [1.29, 1.82) is 0 Å². The van der Waals surface area contributed by atoms with Gasteiger partial charge in [-0.05, 0) is 35.5 Å². The van der Waals surface area contributed by atoms with E-state index in [0.717, 1.165) is 18.5 Å². The van der Waals surface area contributed by atoms with Crippen LogP contribution in [-0.2, 0) is 5.41 Å². The van der Waals surface area contributed by atoms with Gasteiger partial charge in [0.2, 0.25) is 0 Å². The fourth-order valence-corrected chi connectivity index (χ4v) is 1.84. The maximum Gasteiger partial charge on any atom is 0.0661 e. The number of hydrogen-bond acceptors (Lipinski definition) is 1. The Morgan fingerprint density at radius 1 is 1.19 bits per heavy atom. The summed E-state index contributed by atoms with van der Waals surface area (Å²) in [5, 5.41) is 0. The average Bonchev–Trinajstić information content (AvgIpc) is 2.29. The number of hydrogen-bond donors (Lipinski definition) is 0. The second kappa shape index (κ2) is 4.25. The van der Waals surface area contributed by atoms with Gasteiger partial charge >= 0.3 is 0 Å². The molecule has 0 saturated heterocycles. The third kappa shape index (κ3) is 2.41. The number of aromatic nitrogens is 1. The van der Waals surface area contributed by atoms with E-state index in [-0.39, 0.29) is 5.41 Å². The van der Waals surface area contributed by atoms with Crippen LogP contribution in [0.1, 0.15) is 44.9 Å². The Hall–Kier alpha value is -1.37. The Morgan fingerprint density at radius 3 is 2.50 bits per heavy atom. The Bertz CT molecular complexity index is 416. The Balaban J connectivity index is 2.26. The molecule has 0 unspecified atom stereocenters. The van der Waals surface area contributed by atoms with Crippen molar-refractivity contribution in [3.05, 3.63) is 47.8 Å². The summed E-state index contributed by atoms with van der Waals surface area (Å²) in [4.78, 5) is 4.57. The third-order valence-electron chi connectivity index (χ3n) is 2.97. The minimum atomic E-state index is 0.187. The molecule has 0 aliphatic heterocycles. The summed E-state index contributed by atoms with van der Waals surface area (Å²) in [6.45, 7) is 6.64. The van der Waals surface area contributed by atoms with Crippen molar-refractivity contribution in [3.8, 4) is 0 Å². The van der Waals surface area contributed by atoms with Gasteiger partial charge in [-0.1, -0.05) is 45.1 Å². The van der Waals surface area contributed by atoms with Crippen LogP contribution in [0.25, 0.3) is 5.57 Å². The first kappa shape index (κ1) is 11.1. The molecule has 1 nitrogen and oxygen atoms in total. The van der Waals surface area contributed by atoms with Crippen molar-refractivity contribution in [2.45, 2.75) is 39.0 Å². The van der Waals surface area contributed by atoms with Gasteiger partial charge in [0.1, 0.15) is 0 Å². The first-order valence-corrected chi connectivity index (χ1v) is 5.90. The zero-order chi connectivity index (χ0) is 11.6. The monoisotopic (exact) mass is 213 g/mol. The van der Waals surface area contributed by atoms with E-state index in [1.54, 1.807) is 0 Å². The highest BCUT2D eigenvalue weighted by molar-refractivity contribution is 5.65. The van der Waals surface area contributed by atoms with E-state index >= 15 is 0 Å². The zero-order valence-electron chi connectivity index (χ0n) is 10.3. The van der Waals surface area contributed by atoms with Crippen LogP contribution in [0, 0.1) is 0 Å². The maximum absolute atomic E-state index is 4.57. The van der Waals surface area contributed by atoms with E-state index < -0.39 is 0 Å². The van der Waals surface area contributed by atoms with Gasteiger partial charge in [-0.2, -0.15) is 0 Å². The Labute approximate surface area is 97.9 Å². The van der Waals surface area contributed by atoms with Gasteiger partial charge in [0.25, 0.3) is 0 Å². The highest BCUT2D eigenvalue weighted by Crippen LogP contribution is 2.25. The van der Waals surface area contributed by atoms with E-state index in [2.05, 4.69) is 56.1 Å². The molecular formula is C15H19N. The predicted molar refractivity (Wildman–Crippen MR) is 69.3 cm³/mol. The van der Waals surface area contributed by atoms with Crippen LogP contribution in [0.4, 0.5) is 0 Å². The minimum Gasteiger partial charge on any atom is -0.256 e. The van der Waals surface area contributed by atoms with E-state index in [4.69, 9.17) is 0 Å². The zero-order valence-corrected chi connectivity index (χ0v) is 10.3. The van der Waals surface area contributed by atoms with E-state index in [0.29, 0.717) is 0 Å². The molecule has 0 N–H and O–H groups in total. The second-order valence-electron chi connectivity index (χ2n) is 5.34. The number of pyridine rings is 1. The molecule has 1 aliphatic carbocycles. The number of allylic oxidation sites excluding steroid dienone is 4. The molecule has 0 bridgehead atoms. The van der Waals surface area contributed by atoms with Crippen LogP contribution in [0.5, 0.6) is 0 Å². The Morgan fingerprint density at radius 2 is 2.00 bits per heavy atom. The SMILES string of the molecule is CC(C)(C)c1ccc(C2=CC=CCC2)nc1. The first-order chi connectivity index (χ1) is 7.57.